The molecular weight excluding hydrogens is 167 g/mol. The summed E-state index contributed by atoms with van der Waals surface area (Å²) < 4.78 is 0. The maximum atomic E-state index is 5.77. The van der Waals surface area contributed by atoms with Gasteiger partial charge in [-0.1, -0.05) is 24.3 Å². The Morgan fingerprint density at radius 2 is 1.08 bits per heavy atom. The second kappa shape index (κ2) is 3.31. The Kier molecular flexibility index (Phi) is 2.37. The average Bonchev–Trinajstić information content (AvgIpc) is 2.07. The fraction of sp³-hybridized carbons (Fsp3) is 0. The van der Waals surface area contributed by atoms with Gasteiger partial charge >= 0.3 is 0 Å². The third-order valence-electron chi connectivity index (χ3n) is 1.99. The smallest absolute Gasteiger partial charge is 0.0394 e. The molecule has 0 radical (unpaired) electrons. The highest BCUT2D eigenvalue weighted by molar-refractivity contribution is 5.99. The summed E-state index contributed by atoms with van der Waals surface area (Å²) in [6.07, 6.45) is 0. The van der Waals surface area contributed by atoms with E-state index in [4.69, 9.17) is 11.5 Å². The van der Waals surface area contributed by atoms with Crippen molar-refractivity contribution in [3.8, 4) is 0 Å². The fourth-order valence-corrected chi connectivity index (χ4v) is 1.36. The van der Waals surface area contributed by atoms with Crippen LogP contribution in [-0.2, 0) is 0 Å². The van der Waals surface area contributed by atoms with Crippen LogP contribution in [0.2, 0.25) is 0 Å². The molecule has 0 saturated carbocycles. The van der Waals surface area contributed by atoms with Crippen LogP contribution in [0.25, 0.3) is 10.8 Å². The van der Waals surface area contributed by atoms with Gasteiger partial charge in [-0.25, -0.2) is 0 Å². The second-order valence-electron chi connectivity index (χ2n) is 2.79. The number of fused-ring (bicyclic) bond motifs is 1. The molecule has 0 amide bonds. The Morgan fingerprint density at radius 1 is 0.692 bits per heavy atom. The summed E-state index contributed by atoms with van der Waals surface area (Å²) in [5.74, 6) is 0. The van der Waals surface area contributed by atoms with Crippen molar-refractivity contribution >= 4 is 22.1 Å². The van der Waals surface area contributed by atoms with Crippen LogP contribution >= 0.6 is 0 Å². The number of anilines is 2. The Labute approximate surface area is 75.5 Å². The van der Waals surface area contributed by atoms with E-state index in [0.717, 1.165) is 22.1 Å². The van der Waals surface area contributed by atoms with Crippen LogP contribution in [-0.4, -0.2) is 0 Å². The van der Waals surface area contributed by atoms with Crippen LogP contribution in [0, 0.1) is 0 Å². The summed E-state index contributed by atoms with van der Waals surface area (Å²) >= 11 is 0. The first-order chi connectivity index (χ1) is 5.79. The topological polar surface area (TPSA) is 52.0 Å². The maximum Gasteiger partial charge on any atom is 0.0394 e. The minimum Gasteiger partial charge on any atom is -0.398 e. The zero-order valence-corrected chi connectivity index (χ0v) is 7.03. The first-order valence-electron chi connectivity index (χ1n) is 3.82. The lowest BCUT2D eigenvalue weighted by Gasteiger charge is -2.03. The van der Waals surface area contributed by atoms with Crippen molar-refractivity contribution in [3.05, 3.63) is 36.4 Å². The normalized spacial score (nSPS) is 9.54. The van der Waals surface area contributed by atoms with Gasteiger partial charge in [0.05, 0.1) is 0 Å². The van der Waals surface area contributed by atoms with Gasteiger partial charge in [0, 0.05) is 22.1 Å². The Morgan fingerprint density at radius 3 is 1.46 bits per heavy atom. The number of benzene rings is 2. The summed E-state index contributed by atoms with van der Waals surface area (Å²) in [4.78, 5) is 0. The molecule has 3 heteroatoms. The molecule has 2 aromatic carbocycles. The van der Waals surface area contributed by atoms with E-state index in [1.54, 1.807) is 0 Å². The monoisotopic (exact) mass is 178 g/mol. The van der Waals surface area contributed by atoms with Crippen molar-refractivity contribution in [2.75, 3.05) is 11.5 Å². The molecule has 0 saturated heterocycles. The predicted octanol–water partition coefficient (Wildman–Crippen LogP) is 2.16. The molecule has 4 N–H and O–H groups in total. The molecule has 0 aliphatic carbocycles. The fourth-order valence-electron chi connectivity index (χ4n) is 1.36. The highest BCUT2D eigenvalue weighted by atomic mass is 19.0. The molecular formula is C10H11FN2. The van der Waals surface area contributed by atoms with Gasteiger partial charge in [-0.05, 0) is 12.1 Å². The Bertz CT molecular complexity index is 385. The van der Waals surface area contributed by atoms with E-state index in [9.17, 15) is 0 Å². The van der Waals surface area contributed by atoms with Gasteiger partial charge in [0.15, 0.2) is 0 Å². The standard InChI is InChI=1S/C10H10N2.FH/c11-9-5-1-3-7-8(9)4-2-6-10(7)12;/h1-6H,11-12H2;1H. The van der Waals surface area contributed by atoms with Crippen LogP contribution in [0.4, 0.5) is 16.1 Å². The molecule has 2 aromatic rings. The minimum absolute atomic E-state index is 0. The van der Waals surface area contributed by atoms with Crippen molar-refractivity contribution in [2.45, 2.75) is 0 Å². The zero-order chi connectivity index (χ0) is 8.55. The number of nitrogen functional groups attached to an aromatic ring is 2. The summed E-state index contributed by atoms with van der Waals surface area (Å²) in [5, 5.41) is 2.05. The third kappa shape index (κ3) is 1.40. The molecule has 0 unspecified atom stereocenters. The molecule has 2 rings (SSSR count). The quantitative estimate of drug-likeness (QED) is 0.607. The van der Waals surface area contributed by atoms with Crippen LogP contribution in [0.5, 0.6) is 0 Å². The zero-order valence-electron chi connectivity index (χ0n) is 7.03. The van der Waals surface area contributed by atoms with E-state index in [1.807, 2.05) is 36.4 Å². The number of halogens is 1. The van der Waals surface area contributed by atoms with Crippen LogP contribution in [0.3, 0.4) is 0 Å². The van der Waals surface area contributed by atoms with Gasteiger partial charge in [0.1, 0.15) is 0 Å². The summed E-state index contributed by atoms with van der Waals surface area (Å²) in [5.41, 5.74) is 13.1. The molecule has 0 fully saturated rings. The van der Waals surface area contributed by atoms with E-state index in [-0.39, 0.29) is 4.70 Å². The lowest BCUT2D eigenvalue weighted by molar-refractivity contribution is 1.11. The number of rotatable bonds is 0. The van der Waals surface area contributed by atoms with E-state index < -0.39 is 0 Å². The molecule has 0 bridgehead atoms. The maximum absolute atomic E-state index is 5.77. The lowest BCUT2D eigenvalue weighted by atomic mass is 10.1. The van der Waals surface area contributed by atoms with Crippen LogP contribution in [0.1, 0.15) is 0 Å². The van der Waals surface area contributed by atoms with Crippen molar-refractivity contribution in [1.29, 1.82) is 0 Å². The van der Waals surface area contributed by atoms with Crippen molar-refractivity contribution < 1.29 is 4.70 Å². The largest absolute Gasteiger partial charge is 0.398 e. The van der Waals surface area contributed by atoms with Crippen LogP contribution < -0.4 is 11.5 Å². The van der Waals surface area contributed by atoms with Gasteiger partial charge in [-0.3, -0.25) is 4.70 Å². The van der Waals surface area contributed by atoms with Gasteiger partial charge in [-0.2, -0.15) is 0 Å². The molecule has 2 nitrogen and oxygen atoms in total. The van der Waals surface area contributed by atoms with Crippen molar-refractivity contribution in [2.24, 2.45) is 0 Å². The predicted molar refractivity (Wildman–Crippen MR) is 55.3 cm³/mol. The lowest BCUT2D eigenvalue weighted by Crippen LogP contribution is -1.90. The second-order valence-corrected chi connectivity index (χ2v) is 2.79. The third-order valence-corrected chi connectivity index (χ3v) is 1.99. The molecule has 0 aliphatic heterocycles. The minimum atomic E-state index is 0. The Balaban J connectivity index is 0.000000845. The highest BCUT2D eigenvalue weighted by Gasteiger charge is 1.98. The average molecular weight is 178 g/mol. The van der Waals surface area contributed by atoms with Crippen molar-refractivity contribution in [1.82, 2.24) is 0 Å². The summed E-state index contributed by atoms with van der Waals surface area (Å²) in [6, 6.07) is 11.5. The Hall–Kier alpha value is -1.77. The number of hydrogen-bond acceptors (Lipinski definition) is 2. The highest BCUT2D eigenvalue weighted by Crippen LogP contribution is 2.24. The van der Waals surface area contributed by atoms with Crippen molar-refractivity contribution in [3.63, 3.8) is 0 Å². The molecule has 68 valence electrons. The van der Waals surface area contributed by atoms with E-state index in [2.05, 4.69) is 0 Å². The van der Waals surface area contributed by atoms with Gasteiger partial charge in [0.2, 0.25) is 0 Å². The number of nitrogens with two attached hydrogens (primary N) is 2. The molecule has 0 aliphatic rings. The molecule has 0 heterocycles. The SMILES string of the molecule is F.Nc1cccc2c(N)cccc12. The first-order valence-corrected chi connectivity index (χ1v) is 3.82. The van der Waals surface area contributed by atoms with Gasteiger partial charge in [-0.15, -0.1) is 0 Å². The number of hydrogen-bond donors (Lipinski definition) is 2. The van der Waals surface area contributed by atoms with E-state index in [0.29, 0.717) is 0 Å². The van der Waals surface area contributed by atoms with Crippen LogP contribution in [0.15, 0.2) is 36.4 Å². The van der Waals surface area contributed by atoms with Gasteiger partial charge in [0.25, 0.3) is 0 Å². The van der Waals surface area contributed by atoms with Gasteiger partial charge < -0.3 is 11.5 Å². The van der Waals surface area contributed by atoms with E-state index >= 15 is 0 Å². The molecule has 0 spiro atoms. The molecule has 0 atom stereocenters. The van der Waals surface area contributed by atoms with E-state index in [1.165, 1.54) is 0 Å². The summed E-state index contributed by atoms with van der Waals surface area (Å²) in [6.45, 7) is 0. The molecule has 13 heavy (non-hydrogen) atoms. The molecule has 0 aromatic heterocycles. The first kappa shape index (κ1) is 9.32. The summed E-state index contributed by atoms with van der Waals surface area (Å²) in [7, 11) is 0.